The van der Waals surface area contributed by atoms with Crippen molar-refractivity contribution in [2.24, 2.45) is 5.73 Å². The Kier molecular flexibility index (Phi) is 1.95. The summed E-state index contributed by atoms with van der Waals surface area (Å²) in [4.78, 5) is 27.3. The van der Waals surface area contributed by atoms with Gasteiger partial charge in [0.25, 0.3) is 0 Å². The molecule has 0 bridgehead atoms. The zero-order chi connectivity index (χ0) is 10.1. The number of imide groups is 1. The molecule has 0 aromatic carbocycles. The Hall–Kier alpha value is -1.85. The van der Waals surface area contributed by atoms with Crippen molar-refractivity contribution >= 4 is 11.9 Å². The van der Waals surface area contributed by atoms with Crippen LogP contribution in [0, 0.1) is 0 Å². The summed E-state index contributed by atoms with van der Waals surface area (Å²) in [5.74, 6) is -0.448. The van der Waals surface area contributed by atoms with Gasteiger partial charge >= 0.3 is 6.03 Å². The summed E-state index contributed by atoms with van der Waals surface area (Å²) in [5.41, 5.74) is 5.02. The second kappa shape index (κ2) is 3.13. The van der Waals surface area contributed by atoms with Crippen LogP contribution in [0.5, 0.6) is 0 Å². The molecule has 0 saturated carbocycles. The number of nitrogens with zero attached hydrogens (tertiary/aromatic N) is 2. The number of carbonyl (C=O) groups excluding carboxylic acids is 2. The largest absolute Gasteiger partial charge is 0.448 e. The third kappa shape index (κ3) is 1.24. The molecule has 74 valence electrons. The van der Waals surface area contributed by atoms with Crippen molar-refractivity contribution in [2.45, 2.75) is 12.3 Å². The van der Waals surface area contributed by atoms with E-state index in [1.165, 1.54) is 12.5 Å². The zero-order valence-electron chi connectivity index (χ0n) is 7.34. The molecular formula is C8H9N3O3. The third-order valence-electron chi connectivity index (χ3n) is 2.22. The van der Waals surface area contributed by atoms with E-state index in [0.717, 1.165) is 4.90 Å². The molecule has 0 aliphatic carbocycles. The number of primary amides is 1. The molecule has 1 aliphatic rings. The first-order chi connectivity index (χ1) is 6.70. The van der Waals surface area contributed by atoms with Crippen LogP contribution in [0.25, 0.3) is 0 Å². The monoisotopic (exact) mass is 195 g/mol. The van der Waals surface area contributed by atoms with Crippen molar-refractivity contribution in [1.29, 1.82) is 0 Å². The van der Waals surface area contributed by atoms with Crippen molar-refractivity contribution in [2.75, 3.05) is 6.54 Å². The average Bonchev–Trinajstić information content (AvgIpc) is 2.71. The van der Waals surface area contributed by atoms with Crippen LogP contribution in [-0.4, -0.2) is 28.4 Å². The smallest absolute Gasteiger partial charge is 0.321 e. The van der Waals surface area contributed by atoms with Crippen LogP contribution in [0.1, 0.15) is 18.2 Å². The first-order valence-electron chi connectivity index (χ1n) is 4.20. The van der Waals surface area contributed by atoms with E-state index in [1.54, 1.807) is 0 Å². The van der Waals surface area contributed by atoms with Gasteiger partial charge in [-0.3, -0.25) is 9.69 Å². The van der Waals surface area contributed by atoms with E-state index in [4.69, 9.17) is 10.2 Å². The normalized spacial score (nSPS) is 21.6. The molecule has 1 fully saturated rings. The van der Waals surface area contributed by atoms with Crippen LogP contribution in [0.15, 0.2) is 16.9 Å². The van der Waals surface area contributed by atoms with E-state index in [2.05, 4.69) is 4.98 Å². The zero-order valence-corrected chi connectivity index (χ0v) is 7.34. The van der Waals surface area contributed by atoms with Gasteiger partial charge in [-0.15, -0.1) is 0 Å². The van der Waals surface area contributed by atoms with Crippen molar-refractivity contribution in [3.8, 4) is 0 Å². The minimum Gasteiger partial charge on any atom is -0.448 e. The lowest BCUT2D eigenvalue weighted by molar-refractivity contribution is -0.126. The summed E-state index contributed by atoms with van der Waals surface area (Å²) >= 11 is 0. The number of amides is 3. The molecule has 0 spiro atoms. The SMILES string of the molecule is NC(=O)N1CCC(c2ncco2)C1=O. The molecule has 1 unspecified atom stereocenters. The molecule has 1 aromatic rings. The van der Waals surface area contributed by atoms with E-state index in [0.29, 0.717) is 18.9 Å². The Labute approximate surface area is 79.7 Å². The van der Waals surface area contributed by atoms with Crippen molar-refractivity contribution in [3.05, 3.63) is 18.4 Å². The minimum atomic E-state index is -0.718. The lowest BCUT2D eigenvalue weighted by Crippen LogP contribution is -2.37. The molecule has 3 amide bonds. The highest BCUT2D eigenvalue weighted by Crippen LogP contribution is 2.26. The molecular weight excluding hydrogens is 186 g/mol. The van der Waals surface area contributed by atoms with Gasteiger partial charge in [-0.2, -0.15) is 0 Å². The summed E-state index contributed by atoms with van der Waals surface area (Å²) in [6.07, 6.45) is 3.38. The lowest BCUT2D eigenvalue weighted by atomic mass is 10.1. The number of rotatable bonds is 1. The molecule has 2 rings (SSSR count). The van der Waals surface area contributed by atoms with Crippen LogP contribution in [0.2, 0.25) is 0 Å². The molecule has 1 atom stereocenters. The number of likely N-dealkylation sites (tertiary alicyclic amines) is 1. The van der Waals surface area contributed by atoms with Crippen LogP contribution < -0.4 is 5.73 Å². The molecule has 1 saturated heterocycles. The Morgan fingerprint density at radius 3 is 3.00 bits per heavy atom. The minimum absolute atomic E-state index is 0.333. The Bertz CT molecular complexity index is 360. The van der Waals surface area contributed by atoms with Gasteiger partial charge in [0.05, 0.1) is 6.20 Å². The van der Waals surface area contributed by atoms with Gasteiger partial charge in [0.15, 0.2) is 0 Å². The lowest BCUT2D eigenvalue weighted by Gasteiger charge is -2.09. The first kappa shape index (κ1) is 8.74. The van der Waals surface area contributed by atoms with E-state index < -0.39 is 11.9 Å². The number of hydrogen-bond acceptors (Lipinski definition) is 4. The fourth-order valence-corrected chi connectivity index (χ4v) is 1.53. The van der Waals surface area contributed by atoms with Crippen molar-refractivity contribution < 1.29 is 14.0 Å². The van der Waals surface area contributed by atoms with Crippen LogP contribution in [0.4, 0.5) is 4.79 Å². The summed E-state index contributed by atoms with van der Waals surface area (Å²) in [5, 5.41) is 0. The van der Waals surface area contributed by atoms with Crippen LogP contribution in [-0.2, 0) is 4.79 Å². The molecule has 6 nitrogen and oxygen atoms in total. The Balaban J connectivity index is 2.19. The summed E-state index contributed by atoms with van der Waals surface area (Å²) in [7, 11) is 0. The molecule has 2 heterocycles. The highest BCUT2D eigenvalue weighted by molar-refractivity contribution is 5.98. The average molecular weight is 195 g/mol. The van der Waals surface area contributed by atoms with Crippen molar-refractivity contribution in [3.63, 3.8) is 0 Å². The van der Waals surface area contributed by atoms with E-state index >= 15 is 0 Å². The number of hydrogen-bond donors (Lipinski definition) is 1. The predicted molar refractivity (Wildman–Crippen MR) is 45.2 cm³/mol. The van der Waals surface area contributed by atoms with Crippen molar-refractivity contribution in [1.82, 2.24) is 9.88 Å². The third-order valence-corrected chi connectivity index (χ3v) is 2.22. The molecule has 1 aliphatic heterocycles. The molecule has 2 N–H and O–H groups in total. The van der Waals surface area contributed by atoms with E-state index in [9.17, 15) is 9.59 Å². The second-order valence-corrected chi connectivity index (χ2v) is 3.04. The fourth-order valence-electron chi connectivity index (χ4n) is 1.53. The number of carbonyl (C=O) groups is 2. The van der Waals surface area contributed by atoms with E-state index in [1.807, 2.05) is 0 Å². The standard InChI is InChI=1S/C8H9N3O3/c9-8(13)11-3-1-5(7(11)12)6-10-2-4-14-6/h2,4-5H,1,3H2,(H2,9,13). The number of oxazole rings is 1. The first-order valence-corrected chi connectivity index (χ1v) is 4.20. The maximum Gasteiger partial charge on any atom is 0.321 e. The fraction of sp³-hybridized carbons (Fsp3) is 0.375. The molecule has 6 heteroatoms. The Morgan fingerprint density at radius 1 is 1.71 bits per heavy atom. The van der Waals surface area contributed by atoms with Crippen LogP contribution >= 0.6 is 0 Å². The number of aromatic nitrogens is 1. The quantitative estimate of drug-likeness (QED) is 0.686. The highest BCUT2D eigenvalue weighted by Gasteiger charge is 2.37. The molecule has 1 aromatic heterocycles. The van der Waals surface area contributed by atoms with Gasteiger partial charge in [-0.25, -0.2) is 9.78 Å². The maximum absolute atomic E-state index is 11.6. The van der Waals surface area contributed by atoms with Gasteiger partial charge < -0.3 is 10.2 Å². The van der Waals surface area contributed by atoms with Gasteiger partial charge in [-0.05, 0) is 6.42 Å². The summed E-state index contributed by atoms with van der Waals surface area (Å²) in [6, 6.07) is -0.718. The second-order valence-electron chi connectivity index (χ2n) is 3.04. The molecule has 14 heavy (non-hydrogen) atoms. The van der Waals surface area contributed by atoms with Gasteiger partial charge in [0.1, 0.15) is 12.2 Å². The number of urea groups is 1. The van der Waals surface area contributed by atoms with Gasteiger partial charge in [-0.1, -0.05) is 0 Å². The topological polar surface area (TPSA) is 89.4 Å². The van der Waals surface area contributed by atoms with E-state index in [-0.39, 0.29) is 5.91 Å². The van der Waals surface area contributed by atoms with Crippen LogP contribution in [0.3, 0.4) is 0 Å². The summed E-state index contributed by atoms with van der Waals surface area (Å²) in [6.45, 7) is 0.335. The molecule has 0 radical (unpaired) electrons. The maximum atomic E-state index is 11.6. The van der Waals surface area contributed by atoms with Gasteiger partial charge in [0.2, 0.25) is 11.8 Å². The Morgan fingerprint density at radius 2 is 2.50 bits per heavy atom. The highest BCUT2D eigenvalue weighted by atomic mass is 16.3. The van der Waals surface area contributed by atoms with Gasteiger partial charge in [0, 0.05) is 6.54 Å². The predicted octanol–water partition coefficient (Wildman–Crippen LogP) is 0.0692. The number of nitrogens with two attached hydrogens (primary N) is 1. The summed E-state index contributed by atoms with van der Waals surface area (Å²) < 4.78 is 5.01.